The van der Waals surface area contributed by atoms with E-state index >= 15 is 0 Å². The Hall–Kier alpha value is -3.05. The molecule has 2 aromatic heterocycles. The van der Waals surface area contributed by atoms with Crippen molar-refractivity contribution in [1.29, 1.82) is 0 Å². The van der Waals surface area contributed by atoms with Crippen LogP contribution in [0.25, 0.3) is 10.4 Å². The van der Waals surface area contributed by atoms with Crippen LogP contribution in [0.4, 0.5) is 18.9 Å². The molecule has 2 aliphatic carbocycles. The van der Waals surface area contributed by atoms with Gasteiger partial charge in [-0.3, -0.25) is 19.5 Å². The van der Waals surface area contributed by atoms with Crippen LogP contribution < -0.4 is 10.2 Å². The van der Waals surface area contributed by atoms with Gasteiger partial charge in [-0.05, 0) is 36.5 Å². The highest BCUT2D eigenvalue weighted by atomic mass is 35.5. The van der Waals surface area contributed by atoms with E-state index < -0.39 is 41.4 Å². The third-order valence-corrected chi connectivity index (χ3v) is 7.85. The van der Waals surface area contributed by atoms with Crippen molar-refractivity contribution in [3.8, 4) is 10.4 Å². The van der Waals surface area contributed by atoms with Gasteiger partial charge in [-0.15, -0.1) is 11.3 Å². The number of thiazole rings is 1. The normalized spacial score (nSPS) is 23.7. The Balaban J connectivity index is 1.49. The number of hydrogen-bond acceptors (Lipinski definition) is 6. The number of benzene rings is 1. The first-order chi connectivity index (χ1) is 17.2. The van der Waals surface area contributed by atoms with Gasteiger partial charge < -0.3 is 5.32 Å². The highest BCUT2D eigenvalue weighted by Crippen LogP contribution is 2.53. The molecule has 0 spiro atoms. The standard InChI is InChI=1S/C24H21ClF3N5O2S/c25-21(26)23(35)33(17-3-1-13(2-4-17)19-10-31-12-36-19)20(15-8-29-11-30-9-15)22(34)32-18-6-16-5-14(18)7-24(16,27)28/h1-4,8-12,14,16,18,20-21H,5-7H2,(H,32,34)/t14-,16-,18+,20+,21-/m0/s1. The smallest absolute Gasteiger partial charge is 0.278 e. The van der Waals surface area contributed by atoms with E-state index in [2.05, 4.69) is 20.3 Å². The molecule has 2 fully saturated rings. The molecule has 12 heteroatoms. The number of nitrogens with one attached hydrogen (secondary N) is 1. The van der Waals surface area contributed by atoms with E-state index in [1.54, 1.807) is 36.0 Å². The van der Waals surface area contributed by atoms with E-state index in [1.807, 2.05) is 0 Å². The molecule has 0 saturated heterocycles. The number of halogens is 4. The quantitative estimate of drug-likeness (QED) is 0.441. The second-order valence-electron chi connectivity index (χ2n) is 9.00. The summed E-state index contributed by atoms with van der Waals surface area (Å²) >= 11 is 6.99. The maximum absolute atomic E-state index is 14.2. The van der Waals surface area contributed by atoms with E-state index in [-0.39, 0.29) is 30.0 Å². The lowest BCUT2D eigenvalue weighted by atomic mass is 9.92. The molecular weight excluding hydrogens is 515 g/mol. The molecule has 2 saturated carbocycles. The van der Waals surface area contributed by atoms with Crippen LogP contribution in [0.1, 0.15) is 30.9 Å². The fraction of sp³-hybridized carbons (Fsp3) is 0.375. The van der Waals surface area contributed by atoms with Crippen LogP contribution in [0.15, 0.2) is 54.7 Å². The molecule has 0 unspecified atom stereocenters. The Bertz CT molecular complexity index is 1230. The molecule has 5 atom stereocenters. The number of carbonyl (C=O) groups is 2. The van der Waals surface area contributed by atoms with E-state index in [0.717, 1.165) is 15.3 Å². The summed E-state index contributed by atoms with van der Waals surface area (Å²) in [5.74, 6) is -5.69. The van der Waals surface area contributed by atoms with Gasteiger partial charge in [-0.25, -0.2) is 23.1 Å². The lowest BCUT2D eigenvalue weighted by Gasteiger charge is -2.34. The molecule has 188 valence electrons. The molecule has 5 rings (SSSR count). The van der Waals surface area contributed by atoms with E-state index in [9.17, 15) is 22.8 Å². The minimum Gasteiger partial charge on any atom is -0.351 e. The Kier molecular flexibility index (Phi) is 6.69. The number of amides is 2. The summed E-state index contributed by atoms with van der Waals surface area (Å²) in [4.78, 5) is 40.4. The number of rotatable bonds is 7. The number of aromatic nitrogens is 3. The monoisotopic (exact) mass is 535 g/mol. The lowest BCUT2D eigenvalue weighted by molar-refractivity contribution is -0.128. The summed E-state index contributed by atoms with van der Waals surface area (Å²) in [7, 11) is 0. The van der Waals surface area contributed by atoms with Crippen molar-refractivity contribution in [1.82, 2.24) is 20.3 Å². The van der Waals surface area contributed by atoms with Crippen LogP contribution in [-0.4, -0.2) is 44.4 Å². The first kappa shape index (κ1) is 24.6. The van der Waals surface area contributed by atoms with E-state index in [4.69, 9.17) is 11.6 Å². The Labute approximate surface area is 213 Å². The molecule has 1 aromatic carbocycles. The second kappa shape index (κ2) is 9.78. The van der Waals surface area contributed by atoms with Crippen LogP contribution in [0.5, 0.6) is 0 Å². The van der Waals surface area contributed by atoms with Gasteiger partial charge in [-0.2, -0.15) is 0 Å². The summed E-state index contributed by atoms with van der Waals surface area (Å²) in [5, 5.41) is 2.83. The summed E-state index contributed by atoms with van der Waals surface area (Å²) < 4.78 is 42.2. The van der Waals surface area contributed by atoms with Crippen molar-refractivity contribution >= 4 is 40.4 Å². The average Bonchev–Trinajstić information content (AvgIpc) is 3.59. The van der Waals surface area contributed by atoms with Crippen LogP contribution in [0.2, 0.25) is 0 Å². The molecule has 2 amide bonds. The third-order valence-electron chi connectivity index (χ3n) is 6.84. The van der Waals surface area contributed by atoms with E-state index in [0.29, 0.717) is 6.42 Å². The van der Waals surface area contributed by atoms with Gasteiger partial charge in [0.05, 0.1) is 10.4 Å². The average molecular weight is 536 g/mol. The number of nitrogens with zero attached hydrogens (tertiary/aromatic N) is 4. The molecule has 3 aromatic rings. The first-order valence-corrected chi connectivity index (χ1v) is 12.6. The fourth-order valence-electron chi connectivity index (χ4n) is 5.17. The largest absolute Gasteiger partial charge is 0.351 e. The Morgan fingerprint density at radius 2 is 1.83 bits per heavy atom. The molecule has 2 heterocycles. The van der Waals surface area contributed by atoms with Crippen LogP contribution >= 0.6 is 22.9 Å². The summed E-state index contributed by atoms with van der Waals surface area (Å²) in [6.45, 7) is 0. The molecule has 7 nitrogen and oxygen atoms in total. The summed E-state index contributed by atoms with van der Waals surface area (Å²) in [6.07, 6.45) is 5.81. The molecule has 1 N–H and O–H groups in total. The third kappa shape index (κ3) is 4.69. The van der Waals surface area contributed by atoms with Crippen molar-refractivity contribution in [3.63, 3.8) is 0 Å². The predicted octanol–water partition coefficient (Wildman–Crippen LogP) is 4.76. The fourth-order valence-corrected chi connectivity index (χ4v) is 5.91. The van der Waals surface area contributed by atoms with Crippen LogP contribution in [-0.2, 0) is 9.59 Å². The lowest BCUT2D eigenvalue weighted by Crippen LogP contribution is -2.50. The highest BCUT2D eigenvalue weighted by Gasteiger charge is 2.57. The van der Waals surface area contributed by atoms with Gasteiger partial charge in [0.25, 0.3) is 17.5 Å². The van der Waals surface area contributed by atoms with Crippen molar-refractivity contribution in [2.45, 2.75) is 42.9 Å². The van der Waals surface area contributed by atoms with Gasteiger partial charge in [0.2, 0.25) is 5.91 Å². The topological polar surface area (TPSA) is 88.1 Å². The minimum absolute atomic E-state index is 0.139. The van der Waals surface area contributed by atoms with Gasteiger partial charge in [0.1, 0.15) is 12.4 Å². The Morgan fingerprint density at radius 3 is 2.39 bits per heavy atom. The Morgan fingerprint density at radius 1 is 1.11 bits per heavy atom. The van der Waals surface area contributed by atoms with Gasteiger partial charge in [-0.1, -0.05) is 23.7 Å². The minimum atomic E-state index is -2.74. The molecule has 2 aliphatic rings. The molecule has 0 radical (unpaired) electrons. The molecule has 0 aliphatic heterocycles. The van der Waals surface area contributed by atoms with Crippen molar-refractivity contribution in [2.75, 3.05) is 4.90 Å². The molecule has 2 bridgehead atoms. The number of fused-ring (bicyclic) bond motifs is 2. The van der Waals surface area contributed by atoms with Crippen LogP contribution in [0.3, 0.4) is 0 Å². The first-order valence-electron chi connectivity index (χ1n) is 11.3. The van der Waals surface area contributed by atoms with Crippen molar-refractivity contribution in [3.05, 3.63) is 60.3 Å². The second-order valence-corrected chi connectivity index (χ2v) is 10.3. The highest BCUT2D eigenvalue weighted by molar-refractivity contribution is 7.13. The zero-order valence-corrected chi connectivity index (χ0v) is 20.3. The summed E-state index contributed by atoms with van der Waals surface area (Å²) in [5.41, 5.74) is 0.526. The molecular formula is C24H21ClF3N5O2S. The van der Waals surface area contributed by atoms with Gasteiger partial charge >= 0.3 is 0 Å². The zero-order valence-electron chi connectivity index (χ0n) is 18.7. The van der Waals surface area contributed by atoms with Gasteiger partial charge in [0.15, 0.2) is 0 Å². The summed E-state index contributed by atoms with van der Waals surface area (Å²) in [6, 6.07) is 4.75. The number of hydrogen-bond donors (Lipinski definition) is 1. The zero-order chi connectivity index (χ0) is 25.4. The van der Waals surface area contributed by atoms with E-state index in [1.165, 1.54) is 30.1 Å². The maximum atomic E-state index is 14.2. The van der Waals surface area contributed by atoms with Crippen molar-refractivity contribution < 1.29 is 22.8 Å². The maximum Gasteiger partial charge on any atom is 0.278 e. The molecule has 36 heavy (non-hydrogen) atoms. The van der Waals surface area contributed by atoms with Crippen LogP contribution in [0, 0.1) is 11.8 Å². The number of carbonyl (C=O) groups excluding carboxylic acids is 2. The SMILES string of the molecule is O=C(N[C@@H]1C[C@@H]2C[C@H]1CC2(F)F)[C@@H](c1cncnc1)N(C(=O)[C@H](F)Cl)c1ccc(-c2cncs2)cc1. The predicted molar refractivity (Wildman–Crippen MR) is 128 cm³/mol. The number of anilines is 1. The number of alkyl halides is 4. The van der Waals surface area contributed by atoms with Crippen molar-refractivity contribution in [2.24, 2.45) is 11.8 Å². The van der Waals surface area contributed by atoms with Gasteiger partial charge in [0, 0.05) is 48.2 Å².